The summed E-state index contributed by atoms with van der Waals surface area (Å²) in [5, 5.41) is 29.1. The summed E-state index contributed by atoms with van der Waals surface area (Å²) >= 11 is 0. The molecule has 0 heterocycles. The van der Waals surface area contributed by atoms with Gasteiger partial charge in [-0.1, -0.05) is 0 Å². The fourth-order valence-electron chi connectivity index (χ4n) is 4.30. The van der Waals surface area contributed by atoms with E-state index < -0.39 is 27.8 Å². The Morgan fingerprint density at radius 3 is 1.33 bits per heavy atom. The molecule has 0 unspecified atom stereocenters. The van der Waals surface area contributed by atoms with E-state index in [2.05, 4.69) is 10.6 Å². The molecule has 2 aromatic rings. The quantitative estimate of drug-likeness (QED) is 0.0514. The number of nitro benzene ring substituents is 2. The van der Waals surface area contributed by atoms with Crippen molar-refractivity contribution in [1.29, 1.82) is 0 Å². The van der Waals surface area contributed by atoms with Crippen LogP contribution in [-0.2, 0) is 47.4 Å². The number of hydrogen-bond donors (Lipinski definition) is 3. The number of halogens is 3. The van der Waals surface area contributed by atoms with Crippen molar-refractivity contribution < 1.29 is 75.2 Å². The van der Waals surface area contributed by atoms with Crippen LogP contribution in [-0.4, -0.2) is 160 Å². The number of benzene rings is 2. The molecule has 2 rings (SSSR count). The Balaban J connectivity index is 1.24. The molecule has 0 bridgehead atoms. The molecule has 0 saturated heterocycles. The lowest BCUT2D eigenvalue weighted by Crippen LogP contribution is -2.30. The Morgan fingerprint density at radius 1 is 0.552 bits per heavy atom. The van der Waals surface area contributed by atoms with Gasteiger partial charge in [-0.2, -0.15) is 13.2 Å². The van der Waals surface area contributed by atoms with Crippen molar-refractivity contribution in [3.63, 3.8) is 0 Å². The monoisotopic (exact) mass is 837 g/mol. The molecule has 326 valence electrons. The van der Waals surface area contributed by atoms with Crippen molar-refractivity contribution >= 4 is 34.6 Å². The fourth-order valence-corrected chi connectivity index (χ4v) is 4.30. The van der Waals surface area contributed by atoms with Crippen LogP contribution in [0.2, 0.25) is 0 Å². The molecule has 2 aromatic carbocycles. The lowest BCUT2D eigenvalue weighted by molar-refractivity contribution is -0.393. The van der Waals surface area contributed by atoms with E-state index >= 15 is 0 Å². The van der Waals surface area contributed by atoms with E-state index in [1.807, 2.05) is 0 Å². The van der Waals surface area contributed by atoms with Gasteiger partial charge in [0.1, 0.15) is 5.69 Å². The third-order valence-electron chi connectivity index (χ3n) is 7.12. The zero-order chi connectivity index (χ0) is 42.3. The first-order valence-corrected chi connectivity index (χ1v) is 18.1. The van der Waals surface area contributed by atoms with Gasteiger partial charge in [0.25, 0.3) is 17.3 Å². The summed E-state index contributed by atoms with van der Waals surface area (Å²) in [4.78, 5) is 43.7. The smallest absolute Gasteiger partial charge is 0.377 e. The minimum atomic E-state index is -5.00. The number of non-ortho nitro benzene ring substituents is 1. The number of rotatable bonds is 35. The molecule has 23 heteroatoms. The molecule has 0 aromatic heterocycles. The van der Waals surface area contributed by atoms with Gasteiger partial charge in [0, 0.05) is 30.4 Å². The molecule has 0 fully saturated rings. The summed E-state index contributed by atoms with van der Waals surface area (Å²) < 4.78 is 85.7. The number of amides is 2. The van der Waals surface area contributed by atoms with Gasteiger partial charge in [-0.25, -0.2) is 0 Å². The highest BCUT2D eigenvalue weighted by Crippen LogP contribution is 2.28. The zero-order valence-corrected chi connectivity index (χ0v) is 31.8. The third kappa shape index (κ3) is 23.6. The molecule has 0 spiro atoms. The van der Waals surface area contributed by atoms with Gasteiger partial charge >= 0.3 is 12.1 Å². The van der Waals surface area contributed by atoms with Crippen LogP contribution in [0.25, 0.3) is 0 Å². The number of carbonyl (C=O) groups excluding carboxylic acids is 2. The SMILES string of the molecule is O=C(NCCOCCOCCOCCOCCOCCOCCOCCOCCOCCNc1ccc([N+](=O)[O-])cc1[N+](=O)[O-])c1ccc(NC(=O)C(F)(F)F)cc1. The summed E-state index contributed by atoms with van der Waals surface area (Å²) in [5.74, 6) is -2.54. The van der Waals surface area contributed by atoms with E-state index in [1.54, 1.807) is 5.32 Å². The Kier molecular flexibility index (Phi) is 26.0. The summed E-state index contributed by atoms with van der Waals surface area (Å²) in [6.45, 7) is 7.01. The van der Waals surface area contributed by atoms with E-state index in [0.29, 0.717) is 106 Å². The Bertz CT molecular complexity index is 1480. The first-order chi connectivity index (χ1) is 28.0. The highest BCUT2D eigenvalue weighted by atomic mass is 19.4. The number of hydrogen-bond acceptors (Lipinski definition) is 16. The largest absolute Gasteiger partial charge is 0.471 e. The van der Waals surface area contributed by atoms with Crippen LogP contribution in [0.4, 0.5) is 35.9 Å². The Morgan fingerprint density at radius 2 is 0.948 bits per heavy atom. The second kappa shape index (κ2) is 30.5. The lowest BCUT2D eigenvalue weighted by atomic mass is 10.2. The molecule has 20 nitrogen and oxygen atoms in total. The predicted octanol–water partition coefficient (Wildman–Crippen LogP) is 3.00. The summed E-state index contributed by atoms with van der Waals surface area (Å²) in [5.41, 5.74) is -0.446. The lowest BCUT2D eigenvalue weighted by Gasteiger charge is -2.10. The molecule has 0 aliphatic heterocycles. The highest BCUT2D eigenvalue weighted by molar-refractivity contribution is 5.97. The number of alkyl halides is 3. The van der Waals surface area contributed by atoms with Crippen molar-refractivity contribution in [1.82, 2.24) is 5.32 Å². The van der Waals surface area contributed by atoms with E-state index in [4.69, 9.17) is 42.6 Å². The molecule has 0 aliphatic carbocycles. The second-order valence-electron chi connectivity index (χ2n) is 11.4. The molecule has 0 radical (unpaired) electrons. The van der Waals surface area contributed by atoms with E-state index in [-0.39, 0.29) is 54.6 Å². The number of nitrogens with one attached hydrogen (secondary N) is 3. The average molecular weight is 838 g/mol. The van der Waals surface area contributed by atoms with Crippen LogP contribution in [0, 0.1) is 20.2 Å². The Labute approximate surface area is 332 Å². The number of nitrogens with zero attached hydrogens (tertiary/aromatic N) is 2. The number of nitro groups is 2. The van der Waals surface area contributed by atoms with Crippen molar-refractivity contribution in [2.75, 3.05) is 143 Å². The van der Waals surface area contributed by atoms with Gasteiger partial charge in [0.05, 0.1) is 135 Å². The van der Waals surface area contributed by atoms with E-state index in [9.17, 15) is 43.0 Å². The topological polar surface area (TPSA) is 240 Å². The fraction of sp³-hybridized carbons (Fsp3) is 0.600. The van der Waals surface area contributed by atoms with E-state index in [0.717, 1.165) is 6.07 Å². The second-order valence-corrected chi connectivity index (χ2v) is 11.4. The van der Waals surface area contributed by atoms with Gasteiger partial charge in [-0.05, 0) is 30.3 Å². The summed E-state index contributed by atoms with van der Waals surface area (Å²) in [6, 6.07) is 8.37. The van der Waals surface area contributed by atoms with E-state index in [1.165, 1.54) is 36.4 Å². The normalized spacial score (nSPS) is 11.4. The maximum atomic E-state index is 12.3. The van der Waals surface area contributed by atoms with Crippen molar-refractivity contribution in [3.05, 3.63) is 68.3 Å². The maximum Gasteiger partial charge on any atom is 0.471 e. The molecule has 0 saturated carbocycles. The average Bonchev–Trinajstić information content (AvgIpc) is 3.19. The van der Waals surface area contributed by atoms with Crippen molar-refractivity contribution in [2.45, 2.75) is 6.18 Å². The number of carbonyl (C=O) groups is 2. The van der Waals surface area contributed by atoms with Crippen LogP contribution < -0.4 is 16.0 Å². The van der Waals surface area contributed by atoms with Crippen LogP contribution in [0.5, 0.6) is 0 Å². The summed E-state index contributed by atoms with van der Waals surface area (Å²) in [6.07, 6.45) is -5.00. The van der Waals surface area contributed by atoms with Gasteiger partial charge in [-0.3, -0.25) is 29.8 Å². The van der Waals surface area contributed by atoms with Gasteiger partial charge in [0.15, 0.2) is 0 Å². The highest BCUT2D eigenvalue weighted by Gasteiger charge is 2.38. The van der Waals surface area contributed by atoms with Gasteiger partial charge in [0.2, 0.25) is 0 Å². The number of anilines is 2. The first-order valence-electron chi connectivity index (χ1n) is 18.1. The van der Waals surface area contributed by atoms with Gasteiger partial charge < -0.3 is 58.6 Å². The van der Waals surface area contributed by atoms with Gasteiger partial charge in [-0.15, -0.1) is 0 Å². The minimum absolute atomic E-state index is 0.0830. The minimum Gasteiger partial charge on any atom is -0.377 e. The summed E-state index contributed by atoms with van der Waals surface area (Å²) in [7, 11) is 0. The molecule has 2 amide bonds. The molecule has 58 heavy (non-hydrogen) atoms. The van der Waals surface area contributed by atoms with Crippen LogP contribution in [0.1, 0.15) is 10.4 Å². The molecule has 0 aliphatic rings. The predicted molar refractivity (Wildman–Crippen MR) is 199 cm³/mol. The standard InChI is InChI=1S/C35H50F3N5O15/c36-35(37,38)34(45)41-29-3-1-28(2-4-29)33(44)40-8-10-51-12-14-53-16-18-55-20-22-57-24-26-58-25-23-56-21-19-54-17-15-52-13-11-50-9-7-39-31-6-5-30(42(46)47)27-32(31)43(48)49/h1-6,27,39H,7-26H2,(H,40,44)(H,41,45). The third-order valence-corrected chi connectivity index (χ3v) is 7.12. The van der Waals surface area contributed by atoms with Crippen LogP contribution in [0.15, 0.2) is 42.5 Å². The molecule has 3 N–H and O–H groups in total. The number of ether oxygens (including phenoxy) is 9. The van der Waals surface area contributed by atoms with Crippen LogP contribution >= 0.6 is 0 Å². The molecule has 0 atom stereocenters. The molecular formula is C35H50F3N5O15. The zero-order valence-electron chi connectivity index (χ0n) is 31.8. The maximum absolute atomic E-state index is 12.3. The van der Waals surface area contributed by atoms with Crippen molar-refractivity contribution in [2.24, 2.45) is 0 Å². The Hall–Kier alpha value is -4.59. The first kappa shape index (κ1) is 49.6. The van der Waals surface area contributed by atoms with Crippen molar-refractivity contribution in [3.8, 4) is 0 Å². The molecular weight excluding hydrogens is 787 g/mol. The van der Waals surface area contributed by atoms with Crippen LogP contribution in [0.3, 0.4) is 0 Å².